The first-order valence-electron chi connectivity index (χ1n) is 6.99. The van der Waals surface area contributed by atoms with Gasteiger partial charge in [-0.05, 0) is 38.0 Å². The lowest BCUT2D eigenvalue weighted by Gasteiger charge is -2.30. The van der Waals surface area contributed by atoms with Crippen LogP contribution in [0.1, 0.15) is 38.5 Å². The third kappa shape index (κ3) is 4.52. The van der Waals surface area contributed by atoms with E-state index in [1.165, 1.54) is 0 Å². The number of rotatable bonds is 4. The van der Waals surface area contributed by atoms with Gasteiger partial charge in [-0.1, -0.05) is 6.42 Å². The van der Waals surface area contributed by atoms with Crippen LogP contribution in [0.15, 0.2) is 0 Å². The molecule has 1 amide bonds. The summed E-state index contributed by atoms with van der Waals surface area (Å²) in [5.41, 5.74) is 5.59. The van der Waals surface area contributed by atoms with Gasteiger partial charge in [-0.3, -0.25) is 4.79 Å². The minimum absolute atomic E-state index is 0. The summed E-state index contributed by atoms with van der Waals surface area (Å²) in [5, 5.41) is 2.84. The molecule has 3 unspecified atom stereocenters. The van der Waals surface area contributed by atoms with Gasteiger partial charge >= 0.3 is 6.18 Å². The van der Waals surface area contributed by atoms with E-state index in [4.69, 9.17) is 5.73 Å². The molecule has 0 radical (unpaired) electrons. The highest BCUT2D eigenvalue weighted by atomic mass is 35.5. The molecule has 2 aliphatic carbocycles. The Bertz CT molecular complexity index is 334. The largest absolute Gasteiger partial charge is 0.391 e. The molecule has 2 rings (SSSR count). The van der Waals surface area contributed by atoms with E-state index in [0.29, 0.717) is 25.3 Å². The minimum Gasteiger partial charge on any atom is -0.352 e. The highest BCUT2D eigenvalue weighted by Gasteiger charge is 2.44. The molecule has 0 saturated heterocycles. The fraction of sp³-hybridized carbons (Fsp3) is 0.923. The van der Waals surface area contributed by atoms with E-state index in [1.807, 2.05) is 0 Å². The van der Waals surface area contributed by atoms with Crippen molar-refractivity contribution in [3.8, 4) is 0 Å². The molecule has 3 N–H and O–H groups in total. The summed E-state index contributed by atoms with van der Waals surface area (Å²) in [6, 6.07) is -0.0567. The van der Waals surface area contributed by atoms with E-state index in [2.05, 4.69) is 5.32 Å². The van der Waals surface area contributed by atoms with Crippen molar-refractivity contribution in [3.63, 3.8) is 0 Å². The lowest BCUT2D eigenvalue weighted by Crippen LogP contribution is -2.46. The summed E-state index contributed by atoms with van der Waals surface area (Å²) in [7, 11) is 0. The van der Waals surface area contributed by atoms with Crippen molar-refractivity contribution >= 4 is 18.3 Å². The van der Waals surface area contributed by atoms with Gasteiger partial charge in [0.2, 0.25) is 5.91 Å². The number of amides is 1. The first-order valence-corrected chi connectivity index (χ1v) is 6.99. The summed E-state index contributed by atoms with van der Waals surface area (Å²) < 4.78 is 38.1. The van der Waals surface area contributed by atoms with E-state index in [0.717, 1.165) is 12.8 Å². The van der Waals surface area contributed by atoms with E-state index >= 15 is 0 Å². The van der Waals surface area contributed by atoms with Gasteiger partial charge in [0.25, 0.3) is 0 Å². The fourth-order valence-corrected chi connectivity index (χ4v) is 2.89. The van der Waals surface area contributed by atoms with E-state index in [1.54, 1.807) is 0 Å². The Balaban J connectivity index is 0.00000200. The molecule has 3 nitrogen and oxygen atoms in total. The standard InChI is InChI=1S/C13H21F3N2O.ClH/c14-13(15,16)10-3-1-2-9(6-10)12(19)18-11(7-17)8-4-5-8;/h8-11H,1-7,17H2,(H,18,19);1H. The van der Waals surface area contributed by atoms with Crippen LogP contribution in [0.2, 0.25) is 0 Å². The number of carbonyl (C=O) groups is 1. The summed E-state index contributed by atoms with van der Waals surface area (Å²) in [6.07, 6.45) is -0.967. The van der Waals surface area contributed by atoms with Gasteiger partial charge in [-0.2, -0.15) is 13.2 Å². The summed E-state index contributed by atoms with van der Waals surface area (Å²) in [4.78, 5) is 12.0. The third-order valence-electron chi connectivity index (χ3n) is 4.28. The van der Waals surface area contributed by atoms with Crippen molar-refractivity contribution in [1.82, 2.24) is 5.32 Å². The van der Waals surface area contributed by atoms with Crippen LogP contribution in [-0.4, -0.2) is 24.7 Å². The zero-order valence-electron chi connectivity index (χ0n) is 11.3. The Morgan fingerprint density at radius 1 is 1.25 bits per heavy atom. The van der Waals surface area contributed by atoms with Crippen molar-refractivity contribution in [2.24, 2.45) is 23.5 Å². The van der Waals surface area contributed by atoms with Gasteiger partial charge in [0.05, 0.1) is 5.92 Å². The van der Waals surface area contributed by atoms with Crippen molar-refractivity contribution in [3.05, 3.63) is 0 Å². The number of hydrogen-bond acceptors (Lipinski definition) is 2. The van der Waals surface area contributed by atoms with Gasteiger partial charge in [0, 0.05) is 18.5 Å². The van der Waals surface area contributed by atoms with Gasteiger partial charge < -0.3 is 11.1 Å². The van der Waals surface area contributed by atoms with Crippen LogP contribution in [0, 0.1) is 17.8 Å². The average molecular weight is 315 g/mol. The van der Waals surface area contributed by atoms with Crippen molar-refractivity contribution < 1.29 is 18.0 Å². The van der Waals surface area contributed by atoms with E-state index < -0.39 is 18.0 Å². The zero-order valence-corrected chi connectivity index (χ0v) is 12.1. The van der Waals surface area contributed by atoms with Crippen LogP contribution in [0.25, 0.3) is 0 Å². The fourth-order valence-electron chi connectivity index (χ4n) is 2.89. The van der Waals surface area contributed by atoms with Crippen LogP contribution < -0.4 is 11.1 Å². The van der Waals surface area contributed by atoms with E-state index in [9.17, 15) is 18.0 Å². The maximum Gasteiger partial charge on any atom is 0.391 e. The molecule has 0 aliphatic heterocycles. The second-order valence-corrected chi connectivity index (χ2v) is 5.79. The Morgan fingerprint density at radius 3 is 2.40 bits per heavy atom. The second-order valence-electron chi connectivity index (χ2n) is 5.79. The van der Waals surface area contributed by atoms with Gasteiger partial charge in [0.15, 0.2) is 0 Å². The predicted octanol–water partition coefficient (Wildman–Crippen LogP) is 2.63. The van der Waals surface area contributed by atoms with E-state index in [-0.39, 0.29) is 37.2 Å². The molecule has 2 aliphatic rings. The first-order chi connectivity index (χ1) is 8.91. The van der Waals surface area contributed by atoms with Crippen LogP contribution in [0.4, 0.5) is 13.2 Å². The minimum atomic E-state index is -4.18. The monoisotopic (exact) mass is 314 g/mol. The first kappa shape index (κ1) is 17.6. The quantitative estimate of drug-likeness (QED) is 0.838. The number of carbonyl (C=O) groups excluding carboxylic acids is 1. The van der Waals surface area contributed by atoms with Crippen molar-refractivity contribution in [2.75, 3.05) is 6.54 Å². The van der Waals surface area contributed by atoms with Crippen molar-refractivity contribution in [2.45, 2.75) is 50.7 Å². The Labute approximate surface area is 123 Å². The van der Waals surface area contributed by atoms with Gasteiger partial charge in [0.1, 0.15) is 0 Å². The molecule has 118 valence electrons. The molecule has 0 aromatic heterocycles. The molecule has 2 saturated carbocycles. The maximum atomic E-state index is 12.7. The molecule has 7 heteroatoms. The zero-order chi connectivity index (χ0) is 14.0. The average Bonchev–Trinajstić information content (AvgIpc) is 3.19. The molecule has 0 aromatic rings. The lowest BCUT2D eigenvalue weighted by atomic mass is 9.80. The number of hydrogen-bond donors (Lipinski definition) is 2. The van der Waals surface area contributed by atoms with Crippen LogP contribution in [0.5, 0.6) is 0 Å². The highest BCUT2D eigenvalue weighted by molar-refractivity contribution is 5.85. The van der Waals surface area contributed by atoms with Crippen LogP contribution in [0.3, 0.4) is 0 Å². The molecule has 0 heterocycles. The number of nitrogens with one attached hydrogen (secondary N) is 1. The van der Waals surface area contributed by atoms with Gasteiger partial charge in [-0.15, -0.1) is 12.4 Å². The summed E-state index contributed by atoms with van der Waals surface area (Å²) in [6.45, 7) is 0.367. The lowest BCUT2D eigenvalue weighted by molar-refractivity contribution is -0.186. The molecule has 20 heavy (non-hydrogen) atoms. The topological polar surface area (TPSA) is 55.1 Å². The normalized spacial score (nSPS) is 28.4. The molecular weight excluding hydrogens is 293 g/mol. The van der Waals surface area contributed by atoms with Crippen molar-refractivity contribution in [1.29, 1.82) is 0 Å². The number of nitrogens with two attached hydrogens (primary N) is 1. The Kier molecular flexibility index (Phi) is 6.13. The molecule has 2 fully saturated rings. The predicted molar refractivity (Wildman–Crippen MR) is 72.5 cm³/mol. The van der Waals surface area contributed by atoms with Crippen LogP contribution in [-0.2, 0) is 4.79 Å². The summed E-state index contributed by atoms with van der Waals surface area (Å²) in [5.74, 6) is -1.64. The Hall–Kier alpha value is -0.490. The highest BCUT2D eigenvalue weighted by Crippen LogP contribution is 2.40. The molecule has 0 aromatic carbocycles. The Morgan fingerprint density at radius 2 is 1.90 bits per heavy atom. The molecule has 0 bridgehead atoms. The summed E-state index contributed by atoms with van der Waals surface area (Å²) >= 11 is 0. The second kappa shape index (κ2) is 6.98. The third-order valence-corrected chi connectivity index (χ3v) is 4.28. The molecule has 3 atom stereocenters. The number of alkyl halides is 3. The molecule has 0 spiro atoms. The van der Waals surface area contributed by atoms with Gasteiger partial charge in [-0.25, -0.2) is 0 Å². The smallest absolute Gasteiger partial charge is 0.352 e. The molecular formula is C13H22ClF3N2O. The number of halogens is 4. The SMILES string of the molecule is Cl.NCC(NC(=O)C1CCCC(C(F)(F)F)C1)C1CC1. The van der Waals surface area contributed by atoms with Crippen LogP contribution >= 0.6 is 12.4 Å². The maximum absolute atomic E-state index is 12.7.